The quantitative estimate of drug-likeness (QED) is 0.734. The zero-order valence-electron chi connectivity index (χ0n) is 12.4. The number of piperazine rings is 1. The first-order chi connectivity index (χ1) is 9.30. The molecule has 0 radical (unpaired) electrons. The summed E-state index contributed by atoms with van der Waals surface area (Å²) in [5, 5.41) is 2.76. The first kappa shape index (κ1) is 16.9. The fourth-order valence-electron chi connectivity index (χ4n) is 2.48. The van der Waals surface area contributed by atoms with E-state index in [-0.39, 0.29) is 17.6 Å². The van der Waals surface area contributed by atoms with Crippen molar-refractivity contribution in [3.8, 4) is 0 Å². The van der Waals surface area contributed by atoms with Gasteiger partial charge in [0.1, 0.15) is 21.9 Å². The Bertz CT molecular complexity index is 461. The SMILES string of the molecule is CCCC1NC(=O)C(CC)N(CCCS(C)(=O)=O)C1=O. The molecule has 1 heterocycles. The molecule has 0 spiro atoms. The summed E-state index contributed by atoms with van der Waals surface area (Å²) in [5.74, 6) is -0.190. The third-order valence-corrected chi connectivity index (χ3v) is 4.48. The van der Waals surface area contributed by atoms with Crippen molar-refractivity contribution in [2.45, 2.75) is 51.6 Å². The van der Waals surface area contributed by atoms with Crippen LogP contribution in [0, 0.1) is 0 Å². The van der Waals surface area contributed by atoms with Crippen molar-refractivity contribution in [3.63, 3.8) is 0 Å². The number of nitrogens with one attached hydrogen (secondary N) is 1. The Morgan fingerprint density at radius 2 is 1.90 bits per heavy atom. The normalized spacial score (nSPS) is 23.9. The molecule has 2 amide bonds. The molecule has 1 N–H and O–H groups in total. The molecule has 0 aliphatic carbocycles. The summed E-state index contributed by atoms with van der Waals surface area (Å²) < 4.78 is 22.3. The molecule has 1 fully saturated rings. The van der Waals surface area contributed by atoms with E-state index in [1.54, 1.807) is 4.90 Å². The lowest BCUT2D eigenvalue weighted by atomic mass is 10.0. The fourth-order valence-corrected chi connectivity index (χ4v) is 3.13. The number of carbonyl (C=O) groups is 2. The Morgan fingerprint density at radius 3 is 2.40 bits per heavy atom. The van der Waals surface area contributed by atoms with Crippen LogP contribution in [0.25, 0.3) is 0 Å². The summed E-state index contributed by atoms with van der Waals surface area (Å²) in [6.45, 7) is 4.12. The van der Waals surface area contributed by atoms with Gasteiger partial charge in [-0.3, -0.25) is 9.59 Å². The third-order valence-electron chi connectivity index (χ3n) is 3.45. The van der Waals surface area contributed by atoms with Gasteiger partial charge < -0.3 is 10.2 Å². The Morgan fingerprint density at radius 1 is 1.25 bits per heavy atom. The van der Waals surface area contributed by atoms with Crippen molar-refractivity contribution in [1.29, 1.82) is 0 Å². The van der Waals surface area contributed by atoms with Crippen LogP contribution in [-0.2, 0) is 19.4 Å². The van der Waals surface area contributed by atoms with Crippen molar-refractivity contribution in [2.75, 3.05) is 18.6 Å². The summed E-state index contributed by atoms with van der Waals surface area (Å²) >= 11 is 0. The Kier molecular flexibility index (Phi) is 5.98. The minimum atomic E-state index is -3.04. The van der Waals surface area contributed by atoms with E-state index in [4.69, 9.17) is 0 Å². The lowest BCUT2D eigenvalue weighted by Crippen LogP contribution is -2.63. The first-order valence-electron chi connectivity index (χ1n) is 7.08. The molecule has 6 nitrogen and oxygen atoms in total. The van der Waals surface area contributed by atoms with Gasteiger partial charge in [0.2, 0.25) is 11.8 Å². The van der Waals surface area contributed by atoms with Crippen molar-refractivity contribution < 1.29 is 18.0 Å². The van der Waals surface area contributed by atoms with Crippen LogP contribution in [0.5, 0.6) is 0 Å². The third kappa shape index (κ3) is 4.47. The Labute approximate surface area is 120 Å². The zero-order chi connectivity index (χ0) is 15.3. The van der Waals surface area contributed by atoms with Gasteiger partial charge >= 0.3 is 0 Å². The molecule has 1 saturated heterocycles. The summed E-state index contributed by atoms with van der Waals surface area (Å²) in [6, 6.07) is -0.941. The molecule has 0 aromatic rings. The van der Waals surface area contributed by atoms with Gasteiger partial charge in [-0.15, -0.1) is 0 Å². The van der Waals surface area contributed by atoms with Crippen LogP contribution in [-0.4, -0.2) is 55.8 Å². The van der Waals surface area contributed by atoms with Crippen LogP contribution in [0.3, 0.4) is 0 Å². The maximum absolute atomic E-state index is 12.3. The molecule has 7 heteroatoms. The van der Waals surface area contributed by atoms with Crippen molar-refractivity contribution in [3.05, 3.63) is 0 Å². The average molecular weight is 304 g/mol. The Hall–Kier alpha value is -1.11. The van der Waals surface area contributed by atoms with Gasteiger partial charge in [-0.1, -0.05) is 20.3 Å². The minimum absolute atomic E-state index is 0.0350. The number of hydrogen-bond acceptors (Lipinski definition) is 4. The number of carbonyl (C=O) groups excluding carboxylic acids is 2. The highest BCUT2D eigenvalue weighted by molar-refractivity contribution is 7.90. The van der Waals surface area contributed by atoms with Gasteiger partial charge in [0, 0.05) is 12.8 Å². The maximum Gasteiger partial charge on any atom is 0.245 e. The summed E-state index contributed by atoms with van der Waals surface area (Å²) in [7, 11) is -3.04. The lowest BCUT2D eigenvalue weighted by Gasteiger charge is -2.38. The first-order valence-corrected chi connectivity index (χ1v) is 9.14. The second kappa shape index (κ2) is 7.06. The second-order valence-corrected chi connectivity index (χ2v) is 7.55. The molecule has 1 aliphatic heterocycles. The van der Waals surface area contributed by atoms with Crippen molar-refractivity contribution in [1.82, 2.24) is 10.2 Å². The van der Waals surface area contributed by atoms with Gasteiger partial charge in [-0.2, -0.15) is 0 Å². The van der Waals surface area contributed by atoms with Crippen LogP contribution in [0.4, 0.5) is 0 Å². The van der Waals surface area contributed by atoms with E-state index in [0.29, 0.717) is 25.8 Å². The van der Waals surface area contributed by atoms with E-state index in [1.165, 1.54) is 6.26 Å². The van der Waals surface area contributed by atoms with Gasteiger partial charge in [0.15, 0.2) is 0 Å². The fraction of sp³-hybridized carbons (Fsp3) is 0.846. The molecule has 0 aromatic carbocycles. The highest BCUT2D eigenvalue weighted by atomic mass is 32.2. The number of nitrogens with zero attached hydrogens (tertiary/aromatic N) is 1. The summed E-state index contributed by atoms with van der Waals surface area (Å²) in [5.41, 5.74) is 0. The van der Waals surface area contributed by atoms with Gasteiger partial charge in [0.05, 0.1) is 5.75 Å². The largest absolute Gasteiger partial charge is 0.343 e. The average Bonchev–Trinajstić information content (AvgIpc) is 2.34. The highest BCUT2D eigenvalue weighted by Crippen LogP contribution is 2.16. The van der Waals surface area contributed by atoms with Crippen LogP contribution in [0.15, 0.2) is 0 Å². The highest BCUT2D eigenvalue weighted by Gasteiger charge is 2.38. The standard InChI is InChI=1S/C13H24N2O4S/c1-4-7-10-13(17)15(8-6-9-20(3,18)19)11(5-2)12(16)14-10/h10-11H,4-9H2,1-3H3,(H,14,16). The molecule has 2 atom stereocenters. The van der Waals surface area contributed by atoms with Crippen LogP contribution >= 0.6 is 0 Å². The monoisotopic (exact) mass is 304 g/mol. The second-order valence-electron chi connectivity index (χ2n) is 5.29. The molecule has 0 aromatic heterocycles. The van der Waals surface area contributed by atoms with Crippen LogP contribution < -0.4 is 5.32 Å². The molecule has 116 valence electrons. The molecular weight excluding hydrogens is 280 g/mol. The smallest absolute Gasteiger partial charge is 0.245 e. The minimum Gasteiger partial charge on any atom is -0.343 e. The predicted octanol–water partition coefficient (Wildman–Crippen LogP) is 0.327. The predicted molar refractivity (Wildman–Crippen MR) is 77.0 cm³/mol. The van der Waals surface area contributed by atoms with E-state index in [2.05, 4.69) is 5.32 Å². The lowest BCUT2D eigenvalue weighted by molar-refractivity contribution is -0.149. The van der Waals surface area contributed by atoms with Crippen molar-refractivity contribution >= 4 is 21.7 Å². The maximum atomic E-state index is 12.3. The van der Waals surface area contributed by atoms with Gasteiger partial charge in [0.25, 0.3) is 0 Å². The Balaban J connectivity index is 2.75. The summed E-state index contributed by atoms with van der Waals surface area (Å²) in [4.78, 5) is 25.9. The molecule has 0 bridgehead atoms. The van der Waals surface area contributed by atoms with E-state index in [0.717, 1.165) is 6.42 Å². The molecule has 2 unspecified atom stereocenters. The number of amides is 2. The van der Waals surface area contributed by atoms with Gasteiger partial charge in [-0.25, -0.2) is 8.42 Å². The molecule has 20 heavy (non-hydrogen) atoms. The molecule has 1 aliphatic rings. The van der Waals surface area contributed by atoms with Crippen LogP contribution in [0.2, 0.25) is 0 Å². The molecule has 1 rings (SSSR count). The van der Waals surface area contributed by atoms with E-state index in [1.807, 2.05) is 13.8 Å². The topological polar surface area (TPSA) is 83.6 Å². The van der Waals surface area contributed by atoms with E-state index < -0.39 is 21.9 Å². The van der Waals surface area contributed by atoms with Crippen LogP contribution in [0.1, 0.15) is 39.5 Å². The van der Waals surface area contributed by atoms with E-state index >= 15 is 0 Å². The zero-order valence-corrected chi connectivity index (χ0v) is 13.2. The van der Waals surface area contributed by atoms with E-state index in [9.17, 15) is 18.0 Å². The number of rotatable bonds is 7. The van der Waals surface area contributed by atoms with Crippen molar-refractivity contribution in [2.24, 2.45) is 0 Å². The van der Waals surface area contributed by atoms with Gasteiger partial charge in [-0.05, 0) is 19.3 Å². The molecular formula is C13H24N2O4S. The number of sulfone groups is 1. The number of hydrogen-bond donors (Lipinski definition) is 1. The molecule has 0 saturated carbocycles. The summed E-state index contributed by atoms with van der Waals surface area (Å²) in [6.07, 6.45) is 3.51.